The fraction of sp³-hybridized carbons (Fsp3) is 1.00. The molecule has 0 aliphatic heterocycles. The quantitative estimate of drug-likeness (QED) is 0.485. The minimum atomic E-state index is -3.38. The third-order valence-corrected chi connectivity index (χ3v) is 0. The molecule has 0 rings (SSSR count). The van der Waals surface area contributed by atoms with Gasteiger partial charge < -0.3 is 0 Å². The van der Waals surface area contributed by atoms with Gasteiger partial charge in [0.2, 0.25) is 0 Å². The van der Waals surface area contributed by atoms with Gasteiger partial charge in [-0.2, -0.15) is 0 Å². The van der Waals surface area contributed by atoms with Crippen LogP contribution in [0, 0.1) is 0 Å². The summed E-state index contributed by atoms with van der Waals surface area (Å²) in [6, 6.07) is 0. The van der Waals surface area contributed by atoms with Gasteiger partial charge in [0.15, 0.2) is 0 Å². The molecule has 0 saturated carbocycles. The molecule has 0 fully saturated rings. The molecule has 0 saturated heterocycles. The van der Waals surface area contributed by atoms with Crippen LogP contribution in [-0.4, -0.2) is 13.8 Å². The van der Waals surface area contributed by atoms with E-state index in [2.05, 4.69) is 0 Å². The van der Waals surface area contributed by atoms with Crippen LogP contribution in [0.2, 0.25) is 11.4 Å². The molecule has 0 heterocycles. The normalized spacial score (nSPS) is 9.83. The summed E-state index contributed by atoms with van der Waals surface area (Å²) < 4.78 is 19.4. The van der Waals surface area contributed by atoms with Crippen molar-refractivity contribution in [3.63, 3.8) is 0 Å². The second kappa shape index (κ2) is 2.92. The van der Waals surface area contributed by atoms with Gasteiger partial charge in [0, 0.05) is 0 Å². The molecule has 0 bridgehead atoms. The molecule has 0 unspecified atom stereocenters. The Bertz CT molecular complexity index is 57.7. The van der Waals surface area contributed by atoms with Crippen LogP contribution < -0.4 is 4.10 Å². The van der Waals surface area contributed by atoms with E-state index in [0.717, 1.165) is 0 Å². The summed E-state index contributed by atoms with van der Waals surface area (Å²) in [6.45, 7) is 0. The summed E-state index contributed by atoms with van der Waals surface area (Å²) in [5.74, 6) is 0. The zero-order chi connectivity index (χ0) is 4.50. The van der Waals surface area contributed by atoms with Gasteiger partial charge in [0.05, 0.1) is 0 Å². The van der Waals surface area contributed by atoms with Gasteiger partial charge in [-0.1, -0.05) is 0 Å². The Kier molecular flexibility index (Phi) is 4.85. The standard InChI is InChI=1S/C2H7AsO2.Fe/c1-3(2,4)5;/h1-2H3,(H,4,5);/q;+3/p-1. The minimum Gasteiger partial charge on any atom is 3.00 e. The summed E-state index contributed by atoms with van der Waals surface area (Å²) in [4.78, 5) is 0. The molecule has 4 heteroatoms. The zero-order valence-corrected chi connectivity index (χ0v) is 6.60. The average molecular weight is 193 g/mol. The van der Waals surface area contributed by atoms with E-state index < -0.39 is 13.8 Å². The average Bonchev–Trinajstić information content (AvgIpc) is 0.722. The number of rotatable bonds is 0. The van der Waals surface area contributed by atoms with Crippen molar-refractivity contribution in [2.24, 2.45) is 0 Å². The Morgan fingerprint density at radius 2 is 1.50 bits per heavy atom. The monoisotopic (exact) mass is 193 g/mol. The van der Waals surface area contributed by atoms with Crippen LogP contribution in [-0.2, 0) is 20.8 Å². The SMILES string of the molecule is C[As](C)(=O)[O-].[Fe+3]. The van der Waals surface area contributed by atoms with E-state index in [1.54, 1.807) is 0 Å². The second-order valence-electron chi connectivity index (χ2n) is 1.25. The van der Waals surface area contributed by atoms with E-state index in [9.17, 15) is 7.84 Å². The maximum absolute atomic E-state index is 9.72. The molecule has 0 aliphatic carbocycles. The Morgan fingerprint density at radius 3 is 1.50 bits per heavy atom. The first-order valence-electron chi connectivity index (χ1n) is 1.26. The van der Waals surface area contributed by atoms with Crippen LogP contribution in [0.4, 0.5) is 0 Å². The van der Waals surface area contributed by atoms with Crippen molar-refractivity contribution in [1.29, 1.82) is 0 Å². The Balaban J connectivity index is 0. The van der Waals surface area contributed by atoms with Crippen LogP contribution in [0.25, 0.3) is 0 Å². The van der Waals surface area contributed by atoms with E-state index >= 15 is 0 Å². The fourth-order valence-electron chi connectivity index (χ4n) is 0. The van der Waals surface area contributed by atoms with Crippen molar-refractivity contribution in [3.8, 4) is 0 Å². The van der Waals surface area contributed by atoms with Gasteiger partial charge in [-0.15, -0.1) is 0 Å². The largest absolute Gasteiger partial charge is 3.00 e. The third-order valence-electron chi connectivity index (χ3n) is 0. The first-order chi connectivity index (χ1) is 2.00. The summed E-state index contributed by atoms with van der Waals surface area (Å²) in [5, 5.41) is 0. The van der Waals surface area contributed by atoms with Gasteiger partial charge >= 0.3 is 50.2 Å². The van der Waals surface area contributed by atoms with Crippen molar-refractivity contribution in [2.75, 3.05) is 0 Å². The van der Waals surface area contributed by atoms with Crippen LogP contribution in [0.3, 0.4) is 0 Å². The molecule has 0 aromatic carbocycles. The molecule has 0 N–H and O–H groups in total. The Labute approximate surface area is 50.4 Å². The molecule has 0 amide bonds. The van der Waals surface area contributed by atoms with Crippen LogP contribution in [0.5, 0.6) is 0 Å². The summed E-state index contributed by atoms with van der Waals surface area (Å²) in [7, 11) is 0. The molecule has 0 aliphatic rings. The van der Waals surface area contributed by atoms with Gasteiger partial charge in [-0.25, -0.2) is 0 Å². The number of hydrogen-bond donors (Lipinski definition) is 0. The van der Waals surface area contributed by atoms with Crippen molar-refractivity contribution in [1.82, 2.24) is 0 Å². The molecule has 0 aromatic heterocycles. The topological polar surface area (TPSA) is 40.1 Å². The molecule has 1 radical (unpaired) electrons. The molecular weight excluding hydrogens is 187 g/mol. The van der Waals surface area contributed by atoms with Crippen LogP contribution >= 0.6 is 0 Å². The minimum absolute atomic E-state index is 0. The fourth-order valence-corrected chi connectivity index (χ4v) is 0. The van der Waals surface area contributed by atoms with Crippen molar-refractivity contribution >= 4 is 13.8 Å². The summed E-state index contributed by atoms with van der Waals surface area (Å²) in [6.07, 6.45) is 0. The third kappa shape index (κ3) is 101. The molecule has 0 spiro atoms. The van der Waals surface area contributed by atoms with Crippen LogP contribution in [0.1, 0.15) is 0 Å². The Hall–Kier alpha value is 0.838. The van der Waals surface area contributed by atoms with Gasteiger partial charge in [-0.05, 0) is 0 Å². The molecular formula is C2H6AsFeO2+2. The molecule has 6 heavy (non-hydrogen) atoms. The van der Waals surface area contributed by atoms with Crippen molar-refractivity contribution in [3.05, 3.63) is 0 Å². The van der Waals surface area contributed by atoms with Crippen LogP contribution in [0.15, 0.2) is 0 Å². The first-order valence-corrected chi connectivity index (χ1v) is 6.54. The van der Waals surface area contributed by atoms with Crippen molar-refractivity contribution in [2.45, 2.75) is 11.4 Å². The number of hydrogen-bond acceptors (Lipinski definition) is 2. The van der Waals surface area contributed by atoms with Gasteiger partial charge in [0.1, 0.15) is 0 Å². The summed E-state index contributed by atoms with van der Waals surface area (Å²) >= 11 is -3.38. The Morgan fingerprint density at radius 1 is 1.50 bits per heavy atom. The predicted molar refractivity (Wildman–Crippen MR) is 18.2 cm³/mol. The molecule has 0 atom stereocenters. The van der Waals surface area contributed by atoms with Gasteiger partial charge in [-0.3, -0.25) is 0 Å². The maximum Gasteiger partial charge on any atom is 3.00 e. The maximum atomic E-state index is 9.72. The summed E-state index contributed by atoms with van der Waals surface area (Å²) in [5.41, 5.74) is 2.50. The second-order valence-corrected chi connectivity index (χ2v) is 6.51. The van der Waals surface area contributed by atoms with E-state index in [1.165, 1.54) is 11.4 Å². The zero-order valence-electron chi connectivity index (χ0n) is 3.62. The van der Waals surface area contributed by atoms with E-state index in [4.69, 9.17) is 0 Å². The van der Waals surface area contributed by atoms with E-state index in [0.29, 0.717) is 0 Å². The van der Waals surface area contributed by atoms with Gasteiger partial charge in [0.25, 0.3) is 0 Å². The van der Waals surface area contributed by atoms with Crippen molar-refractivity contribution < 1.29 is 24.9 Å². The molecule has 0 aromatic rings. The first kappa shape index (κ1) is 9.96. The molecule has 2 nitrogen and oxygen atoms in total. The van der Waals surface area contributed by atoms with E-state index in [-0.39, 0.29) is 17.1 Å². The smallest absolute Gasteiger partial charge is 3.00 e. The van der Waals surface area contributed by atoms with E-state index in [1.807, 2.05) is 0 Å². The molecule has 37 valence electrons. The predicted octanol–water partition coefficient (Wildman–Crippen LogP) is -0.524.